The first-order valence-electron chi connectivity index (χ1n) is 8.87. The summed E-state index contributed by atoms with van der Waals surface area (Å²) < 4.78 is 10.9. The van der Waals surface area contributed by atoms with Gasteiger partial charge in [-0.05, 0) is 37.7 Å². The van der Waals surface area contributed by atoms with Gasteiger partial charge in [-0.2, -0.15) is 5.10 Å². The van der Waals surface area contributed by atoms with Crippen molar-refractivity contribution in [1.29, 1.82) is 0 Å². The number of morpholine rings is 1. The third-order valence-corrected chi connectivity index (χ3v) is 4.29. The van der Waals surface area contributed by atoms with E-state index in [1.165, 1.54) is 5.56 Å². The lowest BCUT2D eigenvalue weighted by Gasteiger charge is -2.26. The van der Waals surface area contributed by atoms with Crippen LogP contribution in [0.2, 0.25) is 0 Å². The molecular formula is C19H26N4O3. The minimum Gasteiger partial charge on any atom is -0.484 e. The van der Waals surface area contributed by atoms with E-state index in [4.69, 9.17) is 9.47 Å². The molecule has 7 heteroatoms. The predicted octanol–water partition coefficient (Wildman–Crippen LogP) is 1.59. The topological polar surface area (TPSA) is 70.7 Å². The van der Waals surface area contributed by atoms with Crippen molar-refractivity contribution in [3.8, 4) is 5.75 Å². The summed E-state index contributed by atoms with van der Waals surface area (Å²) >= 11 is 0. The van der Waals surface area contributed by atoms with Crippen molar-refractivity contribution < 1.29 is 14.3 Å². The summed E-state index contributed by atoms with van der Waals surface area (Å²) in [5.74, 6) is 0.715. The lowest BCUT2D eigenvalue weighted by atomic mass is 10.2. The van der Waals surface area contributed by atoms with Crippen LogP contribution in [0.1, 0.15) is 17.0 Å². The number of aromatic nitrogens is 2. The second kappa shape index (κ2) is 8.82. The number of carbonyl (C=O) groups excluding carboxylic acids is 1. The van der Waals surface area contributed by atoms with Crippen LogP contribution in [0.5, 0.6) is 5.75 Å². The summed E-state index contributed by atoms with van der Waals surface area (Å²) in [4.78, 5) is 16.1. The summed E-state index contributed by atoms with van der Waals surface area (Å²) in [6.45, 7) is 6.16. The molecule has 0 spiro atoms. The first-order chi connectivity index (χ1) is 12.6. The van der Waals surface area contributed by atoms with Crippen LogP contribution in [-0.4, -0.2) is 65.9 Å². The highest BCUT2D eigenvalue weighted by Crippen LogP contribution is 2.14. The Labute approximate surface area is 153 Å². The lowest BCUT2D eigenvalue weighted by molar-refractivity contribution is -0.137. The molecule has 1 aromatic heterocycles. The normalized spacial score (nSPS) is 14.7. The van der Waals surface area contributed by atoms with E-state index in [0.29, 0.717) is 32.1 Å². The smallest absolute Gasteiger partial charge is 0.260 e. The molecule has 3 rings (SSSR count). The highest BCUT2D eigenvalue weighted by molar-refractivity contribution is 5.77. The van der Waals surface area contributed by atoms with Gasteiger partial charge in [0, 0.05) is 31.9 Å². The van der Waals surface area contributed by atoms with E-state index in [0.717, 1.165) is 24.5 Å². The molecular weight excluding hydrogens is 332 g/mol. The van der Waals surface area contributed by atoms with Crippen LogP contribution in [0.25, 0.3) is 0 Å². The van der Waals surface area contributed by atoms with Crippen molar-refractivity contribution in [1.82, 2.24) is 20.0 Å². The third-order valence-electron chi connectivity index (χ3n) is 4.29. The first kappa shape index (κ1) is 18.4. The molecule has 0 saturated carbocycles. The van der Waals surface area contributed by atoms with Crippen LogP contribution < -0.4 is 4.74 Å². The fourth-order valence-corrected chi connectivity index (χ4v) is 2.94. The quantitative estimate of drug-likeness (QED) is 0.814. The van der Waals surface area contributed by atoms with Gasteiger partial charge in [0.2, 0.25) is 0 Å². The van der Waals surface area contributed by atoms with Crippen LogP contribution in [0.15, 0.2) is 30.3 Å². The average Bonchev–Trinajstić information content (AvgIpc) is 3.06. The highest BCUT2D eigenvalue weighted by atomic mass is 16.5. The molecule has 0 atom stereocenters. The second-order valence-electron chi connectivity index (χ2n) is 6.64. The highest BCUT2D eigenvalue weighted by Gasteiger charge is 2.17. The molecule has 1 aliphatic rings. The molecule has 1 N–H and O–H groups in total. The van der Waals surface area contributed by atoms with Gasteiger partial charge >= 0.3 is 0 Å². The number of benzene rings is 1. The zero-order chi connectivity index (χ0) is 18.4. The van der Waals surface area contributed by atoms with Crippen LogP contribution >= 0.6 is 0 Å². The van der Waals surface area contributed by atoms with Crippen molar-refractivity contribution in [3.05, 3.63) is 47.3 Å². The fourth-order valence-electron chi connectivity index (χ4n) is 2.94. The third kappa shape index (κ3) is 5.31. The number of carbonyl (C=O) groups is 1. The Kier molecular flexibility index (Phi) is 6.25. The summed E-state index contributed by atoms with van der Waals surface area (Å²) in [7, 11) is 2.06. The Balaban J connectivity index is 1.44. The van der Waals surface area contributed by atoms with Crippen LogP contribution in [0, 0.1) is 6.92 Å². The SMILES string of the molecule is Cc1cc(CN(C)Cc2ccc(OCC(=O)N3CCOCC3)cc2)n[nH]1. The van der Waals surface area contributed by atoms with Crippen molar-refractivity contribution in [2.75, 3.05) is 40.0 Å². The monoisotopic (exact) mass is 358 g/mol. The second-order valence-corrected chi connectivity index (χ2v) is 6.64. The molecule has 1 saturated heterocycles. The molecule has 0 bridgehead atoms. The standard InChI is InChI=1S/C19H26N4O3/c1-15-11-17(21-20-15)13-22(2)12-16-3-5-18(6-4-16)26-14-19(24)23-7-9-25-10-8-23/h3-6,11H,7-10,12-14H2,1-2H3,(H,20,21). The number of H-pyrrole nitrogens is 1. The number of aryl methyl sites for hydroxylation is 1. The molecule has 1 aromatic carbocycles. The number of amides is 1. The first-order valence-corrected chi connectivity index (χ1v) is 8.87. The number of nitrogens with zero attached hydrogens (tertiary/aromatic N) is 3. The zero-order valence-corrected chi connectivity index (χ0v) is 15.4. The van der Waals surface area contributed by atoms with Gasteiger partial charge in [-0.15, -0.1) is 0 Å². The van der Waals surface area contributed by atoms with E-state index in [2.05, 4.69) is 28.2 Å². The lowest BCUT2D eigenvalue weighted by Crippen LogP contribution is -2.42. The Bertz CT molecular complexity index is 708. The number of rotatable bonds is 7. The summed E-state index contributed by atoms with van der Waals surface area (Å²) in [5.41, 5.74) is 3.29. The minimum atomic E-state index is 0.00593. The van der Waals surface area contributed by atoms with E-state index in [1.807, 2.05) is 31.2 Å². The predicted molar refractivity (Wildman–Crippen MR) is 97.8 cm³/mol. The van der Waals surface area contributed by atoms with Gasteiger partial charge in [0.1, 0.15) is 5.75 Å². The van der Waals surface area contributed by atoms with E-state index in [1.54, 1.807) is 4.90 Å². The molecule has 1 fully saturated rings. The molecule has 2 aromatic rings. The van der Waals surface area contributed by atoms with Crippen LogP contribution in [-0.2, 0) is 22.6 Å². The van der Waals surface area contributed by atoms with Gasteiger partial charge in [-0.1, -0.05) is 12.1 Å². The van der Waals surface area contributed by atoms with Crippen molar-refractivity contribution in [3.63, 3.8) is 0 Å². The Morgan fingerprint density at radius 3 is 2.65 bits per heavy atom. The van der Waals surface area contributed by atoms with E-state index >= 15 is 0 Å². The number of hydrogen-bond acceptors (Lipinski definition) is 5. The zero-order valence-electron chi connectivity index (χ0n) is 15.4. The molecule has 1 amide bonds. The number of aromatic amines is 1. The Morgan fingerprint density at radius 1 is 1.27 bits per heavy atom. The van der Waals surface area contributed by atoms with Crippen molar-refractivity contribution in [2.45, 2.75) is 20.0 Å². The van der Waals surface area contributed by atoms with Crippen LogP contribution in [0.4, 0.5) is 0 Å². The van der Waals surface area contributed by atoms with Gasteiger partial charge in [-0.25, -0.2) is 0 Å². The maximum Gasteiger partial charge on any atom is 0.260 e. The largest absolute Gasteiger partial charge is 0.484 e. The molecule has 7 nitrogen and oxygen atoms in total. The Hall–Kier alpha value is -2.38. The maximum absolute atomic E-state index is 12.1. The maximum atomic E-state index is 12.1. The summed E-state index contributed by atoms with van der Waals surface area (Å²) in [6.07, 6.45) is 0. The van der Waals surface area contributed by atoms with Crippen LogP contribution in [0.3, 0.4) is 0 Å². The average molecular weight is 358 g/mol. The Morgan fingerprint density at radius 2 is 2.00 bits per heavy atom. The number of nitrogens with one attached hydrogen (secondary N) is 1. The summed E-state index contributed by atoms with van der Waals surface area (Å²) in [5, 5.41) is 7.22. The molecule has 0 radical (unpaired) electrons. The number of hydrogen-bond donors (Lipinski definition) is 1. The molecule has 26 heavy (non-hydrogen) atoms. The van der Waals surface area contributed by atoms with E-state index in [9.17, 15) is 4.79 Å². The van der Waals surface area contributed by atoms with Crippen molar-refractivity contribution >= 4 is 5.91 Å². The molecule has 0 aliphatic carbocycles. The minimum absolute atomic E-state index is 0.00593. The molecule has 1 aliphatic heterocycles. The molecule has 140 valence electrons. The van der Waals surface area contributed by atoms with Gasteiger partial charge in [0.15, 0.2) is 6.61 Å². The van der Waals surface area contributed by atoms with Gasteiger partial charge < -0.3 is 14.4 Å². The van der Waals surface area contributed by atoms with Crippen molar-refractivity contribution in [2.24, 2.45) is 0 Å². The van der Waals surface area contributed by atoms with E-state index in [-0.39, 0.29) is 12.5 Å². The fraction of sp³-hybridized carbons (Fsp3) is 0.474. The van der Waals surface area contributed by atoms with E-state index < -0.39 is 0 Å². The van der Waals surface area contributed by atoms with Gasteiger partial charge in [0.05, 0.1) is 18.9 Å². The number of ether oxygens (including phenoxy) is 2. The van der Waals surface area contributed by atoms with Gasteiger partial charge in [-0.3, -0.25) is 14.8 Å². The van der Waals surface area contributed by atoms with Gasteiger partial charge in [0.25, 0.3) is 5.91 Å². The molecule has 0 unspecified atom stereocenters. The molecule has 2 heterocycles. The summed E-state index contributed by atoms with van der Waals surface area (Å²) in [6, 6.07) is 9.93.